The van der Waals surface area contributed by atoms with Crippen molar-refractivity contribution in [1.29, 1.82) is 0 Å². The minimum absolute atomic E-state index is 0.000523. The average Bonchev–Trinajstić information content (AvgIpc) is 3.08. The zero-order chi connectivity index (χ0) is 18.1. The van der Waals surface area contributed by atoms with E-state index in [9.17, 15) is 9.59 Å². The van der Waals surface area contributed by atoms with Crippen molar-refractivity contribution >= 4 is 44.5 Å². The molecular weight excluding hydrogens is 350 g/mol. The lowest BCUT2D eigenvalue weighted by molar-refractivity contribution is 0.0574. The summed E-state index contributed by atoms with van der Waals surface area (Å²) in [5, 5.41) is 2.06. The average molecular weight is 369 g/mol. The third-order valence-corrected chi connectivity index (χ3v) is 5.55. The van der Waals surface area contributed by atoms with Crippen molar-refractivity contribution in [2.24, 2.45) is 0 Å². The molecule has 0 radical (unpaired) electrons. The number of aromatic nitrogens is 1. The molecule has 26 heavy (non-hydrogen) atoms. The summed E-state index contributed by atoms with van der Waals surface area (Å²) in [6.45, 7) is 4.18. The summed E-state index contributed by atoms with van der Waals surface area (Å²) < 4.78 is 5.02. The lowest BCUT2D eigenvalue weighted by atomic mass is 10.2. The van der Waals surface area contributed by atoms with Crippen LogP contribution in [-0.4, -0.2) is 59.6 Å². The fourth-order valence-electron chi connectivity index (χ4n) is 3.14. The first kappa shape index (κ1) is 16.8. The summed E-state index contributed by atoms with van der Waals surface area (Å²) in [6.07, 6.45) is -0.308. The first-order valence-electron chi connectivity index (χ1n) is 8.66. The van der Waals surface area contributed by atoms with Gasteiger partial charge in [0, 0.05) is 37.0 Å². The van der Waals surface area contributed by atoms with E-state index in [4.69, 9.17) is 4.74 Å². The molecule has 0 aliphatic carbocycles. The van der Waals surface area contributed by atoms with Crippen LogP contribution >= 0.6 is 11.3 Å². The van der Waals surface area contributed by atoms with Crippen molar-refractivity contribution in [2.45, 2.75) is 6.92 Å². The van der Waals surface area contributed by atoms with Crippen LogP contribution in [0.25, 0.3) is 21.1 Å². The third-order valence-electron chi connectivity index (χ3n) is 4.51. The number of thiophene rings is 1. The molecule has 1 saturated heterocycles. The Balaban J connectivity index is 1.51. The standard InChI is InChI=1S/C19H19N3O3S/c1-2-25-19(24)22-9-7-21(8-10-22)18(23)16-12-14-11-13-5-3-4-6-15(13)20-17(14)26-16/h3-6,11-12H,2,7-10H2,1H3. The highest BCUT2D eigenvalue weighted by molar-refractivity contribution is 7.20. The predicted octanol–water partition coefficient (Wildman–Crippen LogP) is 3.36. The Hall–Kier alpha value is -2.67. The second kappa shape index (κ2) is 6.92. The van der Waals surface area contributed by atoms with Crippen LogP contribution < -0.4 is 0 Å². The predicted molar refractivity (Wildman–Crippen MR) is 102 cm³/mol. The molecule has 1 aromatic carbocycles. The van der Waals surface area contributed by atoms with Gasteiger partial charge in [0.2, 0.25) is 0 Å². The highest BCUT2D eigenvalue weighted by Crippen LogP contribution is 2.28. The highest BCUT2D eigenvalue weighted by atomic mass is 32.1. The number of carbonyl (C=O) groups excluding carboxylic acids is 2. The van der Waals surface area contributed by atoms with E-state index in [2.05, 4.69) is 11.1 Å². The number of pyridine rings is 1. The number of ether oxygens (including phenoxy) is 1. The number of para-hydroxylation sites is 1. The van der Waals surface area contributed by atoms with Crippen LogP contribution in [0.1, 0.15) is 16.6 Å². The molecule has 134 valence electrons. The molecule has 4 rings (SSSR count). The largest absolute Gasteiger partial charge is 0.450 e. The molecule has 0 saturated carbocycles. The Morgan fingerprint density at radius 3 is 2.58 bits per heavy atom. The van der Waals surface area contributed by atoms with Gasteiger partial charge in [-0.1, -0.05) is 18.2 Å². The van der Waals surface area contributed by atoms with Gasteiger partial charge in [0.15, 0.2) is 0 Å². The Morgan fingerprint density at radius 1 is 1.08 bits per heavy atom. The van der Waals surface area contributed by atoms with E-state index in [1.165, 1.54) is 11.3 Å². The normalized spacial score (nSPS) is 14.8. The Labute approximate surface area is 155 Å². The van der Waals surface area contributed by atoms with E-state index in [1.54, 1.807) is 16.7 Å². The number of rotatable bonds is 2. The van der Waals surface area contributed by atoms with Gasteiger partial charge in [-0.25, -0.2) is 9.78 Å². The molecule has 2 amide bonds. The number of benzene rings is 1. The van der Waals surface area contributed by atoms with E-state index in [0.29, 0.717) is 37.7 Å². The van der Waals surface area contributed by atoms with Crippen molar-refractivity contribution in [1.82, 2.24) is 14.8 Å². The molecule has 0 unspecified atom stereocenters. The van der Waals surface area contributed by atoms with Gasteiger partial charge in [0.1, 0.15) is 4.83 Å². The van der Waals surface area contributed by atoms with Gasteiger partial charge in [0.05, 0.1) is 17.0 Å². The summed E-state index contributed by atoms with van der Waals surface area (Å²) in [6, 6.07) is 11.9. The van der Waals surface area contributed by atoms with E-state index in [1.807, 2.05) is 30.3 Å². The highest BCUT2D eigenvalue weighted by Gasteiger charge is 2.26. The molecule has 7 heteroatoms. The Bertz CT molecular complexity index is 924. The minimum Gasteiger partial charge on any atom is -0.450 e. The lowest BCUT2D eigenvalue weighted by Crippen LogP contribution is -2.50. The fourth-order valence-corrected chi connectivity index (χ4v) is 4.13. The molecular formula is C19H19N3O3S. The molecule has 2 aromatic heterocycles. The Kier molecular flexibility index (Phi) is 4.46. The zero-order valence-corrected chi connectivity index (χ0v) is 15.3. The van der Waals surface area contributed by atoms with E-state index in [-0.39, 0.29) is 12.0 Å². The first-order valence-corrected chi connectivity index (χ1v) is 9.47. The SMILES string of the molecule is CCOC(=O)N1CCN(C(=O)c2cc3cc4ccccc4nc3s2)CC1. The number of piperazine rings is 1. The van der Waals surface area contributed by atoms with Gasteiger partial charge in [-0.3, -0.25) is 4.79 Å². The first-order chi connectivity index (χ1) is 12.7. The molecule has 1 fully saturated rings. The molecule has 0 atom stereocenters. The molecule has 0 N–H and O–H groups in total. The molecule has 0 spiro atoms. The van der Waals surface area contributed by atoms with Crippen LogP contribution in [0.3, 0.4) is 0 Å². The summed E-state index contributed by atoms with van der Waals surface area (Å²) in [5.74, 6) is 0.000523. The van der Waals surface area contributed by atoms with Crippen LogP contribution in [0.2, 0.25) is 0 Å². The van der Waals surface area contributed by atoms with Crippen molar-refractivity contribution in [2.75, 3.05) is 32.8 Å². The smallest absolute Gasteiger partial charge is 0.409 e. The van der Waals surface area contributed by atoms with Gasteiger partial charge >= 0.3 is 6.09 Å². The van der Waals surface area contributed by atoms with Gasteiger partial charge in [-0.05, 0) is 25.1 Å². The second-order valence-corrected chi connectivity index (χ2v) is 7.19. The molecule has 3 heterocycles. The number of hydrogen-bond donors (Lipinski definition) is 0. The van der Waals surface area contributed by atoms with Crippen LogP contribution in [0, 0.1) is 0 Å². The van der Waals surface area contributed by atoms with E-state index >= 15 is 0 Å². The maximum Gasteiger partial charge on any atom is 0.409 e. The lowest BCUT2D eigenvalue weighted by Gasteiger charge is -2.33. The van der Waals surface area contributed by atoms with E-state index < -0.39 is 0 Å². The van der Waals surface area contributed by atoms with Crippen LogP contribution in [0.4, 0.5) is 4.79 Å². The van der Waals surface area contributed by atoms with Gasteiger partial charge in [0.25, 0.3) is 5.91 Å². The monoisotopic (exact) mass is 369 g/mol. The third kappa shape index (κ3) is 3.10. The zero-order valence-electron chi connectivity index (χ0n) is 14.5. The number of nitrogens with zero attached hydrogens (tertiary/aromatic N) is 3. The Morgan fingerprint density at radius 2 is 1.81 bits per heavy atom. The van der Waals surface area contributed by atoms with Crippen molar-refractivity contribution in [3.8, 4) is 0 Å². The van der Waals surface area contributed by atoms with Gasteiger partial charge in [-0.15, -0.1) is 11.3 Å². The van der Waals surface area contributed by atoms with E-state index in [0.717, 1.165) is 21.1 Å². The molecule has 0 bridgehead atoms. The number of hydrogen-bond acceptors (Lipinski definition) is 5. The van der Waals surface area contributed by atoms with Crippen molar-refractivity contribution in [3.05, 3.63) is 41.3 Å². The molecule has 3 aromatic rings. The summed E-state index contributed by atoms with van der Waals surface area (Å²) in [4.78, 5) is 34.3. The molecule has 6 nitrogen and oxygen atoms in total. The van der Waals surface area contributed by atoms with Crippen LogP contribution in [0.15, 0.2) is 36.4 Å². The van der Waals surface area contributed by atoms with Crippen molar-refractivity contribution in [3.63, 3.8) is 0 Å². The summed E-state index contributed by atoms with van der Waals surface area (Å²) in [7, 11) is 0. The maximum atomic E-state index is 12.8. The van der Waals surface area contributed by atoms with Gasteiger partial charge < -0.3 is 14.5 Å². The summed E-state index contributed by atoms with van der Waals surface area (Å²) >= 11 is 1.42. The fraction of sp³-hybridized carbons (Fsp3) is 0.316. The summed E-state index contributed by atoms with van der Waals surface area (Å²) in [5.41, 5.74) is 0.934. The van der Waals surface area contributed by atoms with Crippen LogP contribution in [0.5, 0.6) is 0 Å². The number of carbonyl (C=O) groups is 2. The maximum absolute atomic E-state index is 12.8. The number of amides is 2. The molecule has 1 aliphatic heterocycles. The minimum atomic E-state index is -0.308. The molecule has 1 aliphatic rings. The quantitative estimate of drug-likeness (QED) is 0.695. The van der Waals surface area contributed by atoms with Crippen molar-refractivity contribution < 1.29 is 14.3 Å². The number of fused-ring (bicyclic) bond motifs is 2. The van der Waals surface area contributed by atoms with Gasteiger partial charge in [-0.2, -0.15) is 0 Å². The van der Waals surface area contributed by atoms with Crippen LogP contribution in [-0.2, 0) is 4.74 Å². The second-order valence-electron chi connectivity index (χ2n) is 6.16. The topological polar surface area (TPSA) is 62.7 Å².